The summed E-state index contributed by atoms with van der Waals surface area (Å²) in [5, 5.41) is 0.831. The molecular weight excluding hydrogens is 302 g/mol. The number of para-hydroxylation sites is 1. The Kier molecular flexibility index (Phi) is 4.08. The molecule has 0 spiro atoms. The summed E-state index contributed by atoms with van der Waals surface area (Å²) in [5.74, 6) is 0.0579. The molecule has 126 valence electrons. The lowest BCUT2D eigenvalue weighted by atomic mass is 9.83. The summed E-state index contributed by atoms with van der Waals surface area (Å²) < 4.78 is 7.14. The van der Waals surface area contributed by atoms with Crippen LogP contribution in [0, 0.1) is 5.92 Å². The summed E-state index contributed by atoms with van der Waals surface area (Å²) in [6.45, 7) is 9.27. The van der Waals surface area contributed by atoms with Gasteiger partial charge in [0.05, 0.1) is 5.52 Å². The van der Waals surface area contributed by atoms with Crippen molar-refractivity contribution in [3.05, 3.63) is 48.2 Å². The maximum absolute atomic E-state index is 12.9. The average molecular weight is 325 g/mol. The molecule has 24 heavy (non-hydrogen) atoms. The van der Waals surface area contributed by atoms with Gasteiger partial charge in [0.1, 0.15) is 5.60 Å². The van der Waals surface area contributed by atoms with Crippen molar-refractivity contribution in [2.45, 2.75) is 45.6 Å². The largest absolute Gasteiger partial charge is 0.443 e. The number of hydrogen-bond acceptors (Lipinski definition) is 3. The molecule has 1 atom stereocenters. The second-order valence-electron chi connectivity index (χ2n) is 7.28. The first-order valence-electron chi connectivity index (χ1n) is 8.34. The maximum atomic E-state index is 12.9. The fraction of sp³-hybridized carbons (Fsp3) is 0.400. The van der Waals surface area contributed by atoms with E-state index in [2.05, 4.69) is 6.58 Å². The van der Waals surface area contributed by atoms with E-state index in [1.807, 2.05) is 45.0 Å². The molecule has 0 bridgehead atoms. The first-order valence-corrected chi connectivity index (χ1v) is 8.34. The van der Waals surface area contributed by atoms with Crippen LogP contribution in [0.4, 0.5) is 4.79 Å². The molecule has 1 aliphatic carbocycles. The molecule has 0 aliphatic heterocycles. The molecule has 1 aromatic carbocycles. The van der Waals surface area contributed by atoms with Crippen LogP contribution in [0.1, 0.15) is 49.7 Å². The zero-order valence-corrected chi connectivity index (χ0v) is 14.5. The average Bonchev–Trinajstić information content (AvgIpc) is 2.83. The number of carbonyl (C=O) groups excluding carboxylic acids is 2. The van der Waals surface area contributed by atoms with Crippen molar-refractivity contribution in [3.8, 4) is 0 Å². The smallest absolute Gasteiger partial charge is 0.419 e. The van der Waals surface area contributed by atoms with Crippen LogP contribution in [-0.4, -0.2) is 22.0 Å². The Labute approximate surface area is 142 Å². The maximum Gasteiger partial charge on any atom is 0.419 e. The summed E-state index contributed by atoms with van der Waals surface area (Å²) in [4.78, 5) is 25.7. The van der Waals surface area contributed by atoms with E-state index in [1.165, 1.54) is 0 Å². The lowest BCUT2D eigenvalue weighted by Crippen LogP contribution is -2.30. The number of aromatic nitrogens is 1. The predicted octanol–water partition coefficient (Wildman–Crippen LogP) is 4.75. The van der Waals surface area contributed by atoms with Gasteiger partial charge in [-0.05, 0) is 46.1 Å². The molecule has 1 aliphatic rings. The number of ketones is 1. The molecule has 4 heteroatoms. The standard InChI is InChI=1S/C20H23NO3/c1-5-8-13-11-12-16-17(18(13)22)14-9-6-7-10-15(14)21(16)19(23)24-20(2,3)4/h5-7,9-10,13H,1,8,11-12H2,2-4H3. The fourth-order valence-corrected chi connectivity index (χ4v) is 3.39. The highest BCUT2D eigenvalue weighted by atomic mass is 16.6. The number of ether oxygens (including phenoxy) is 1. The number of Topliss-reactive ketones (excluding diaryl/α,β-unsaturated/α-hetero) is 1. The Morgan fingerprint density at radius 3 is 2.75 bits per heavy atom. The third-order valence-corrected chi connectivity index (χ3v) is 4.35. The topological polar surface area (TPSA) is 48.3 Å². The third-order valence-electron chi connectivity index (χ3n) is 4.35. The van der Waals surface area contributed by atoms with Crippen LogP contribution in [0.5, 0.6) is 0 Å². The summed E-state index contributed by atoms with van der Waals surface area (Å²) in [6.07, 6.45) is 3.46. The highest BCUT2D eigenvalue weighted by Crippen LogP contribution is 2.36. The number of allylic oxidation sites excluding steroid dienone is 1. The van der Waals surface area contributed by atoms with Gasteiger partial charge in [0.2, 0.25) is 0 Å². The minimum absolute atomic E-state index is 0.0482. The molecule has 1 aromatic heterocycles. The van der Waals surface area contributed by atoms with Gasteiger partial charge in [-0.25, -0.2) is 9.36 Å². The van der Waals surface area contributed by atoms with Gasteiger partial charge in [-0.15, -0.1) is 6.58 Å². The van der Waals surface area contributed by atoms with E-state index in [-0.39, 0.29) is 11.7 Å². The van der Waals surface area contributed by atoms with Crippen molar-refractivity contribution in [2.24, 2.45) is 5.92 Å². The van der Waals surface area contributed by atoms with Crippen molar-refractivity contribution >= 4 is 22.8 Å². The first kappa shape index (κ1) is 16.5. The van der Waals surface area contributed by atoms with Crippen LogP contribution < -0.4 is 0 Å². The van der Waals surface area contributed by atoms with E-state index < -0.39 is 11.7 Å². The molecule has 0 N–H and O–H groups in total. The number of benzene rings is 1. The fourth-order valence-electron chi connectivity index (χ4n) is 3.39. The molecule has 0 saturated carbocycles. The highest BCUT2D eigenvalue weighted by Gasteiger charge is 2.34. The summed E-state index contributed by atoms with van der Waals surface area (Å²) in [7, 11) is 0. The van der Waals surface area contributed by atoms with E-state index in [0.717, 1.165) is 23.0 Å². The van der Waals surface area contributed by atoms with Gasteiger partial charge in [-0.1, -0.05) is 24.3 Å². The summed E-state index contributed by atoms with van der Waals surface area (Å²) in [5.41, 5.74) is 1.61. The Hall–Kier alpha value is -2.36. The van der Waals surface area contributed by atoms with Gasteiger partial charge < -0.3 is 4.74 Å². The van der Waals surface area contributed by atoms with Crippen molar-refractivity contribution < 1.29 is 14.3 Å². The molecule has 2 aromatic rings. The van der Waals surface area contributed by atoms with Crippen LogP contribution in [-0.2, 0) is 11.2 Å². The normalized spacial score (nSPS) is 17.6. The lowest BCUT2D eigenvalue weighted by molar-refractivity contribution is 0.0539. The van der Waals surface area contributed by atoms with Gasteiger partial charge in [0.25, 0.3) is 0 Å². The minimum atomic E-state index is -0.584. The number of nitrogens with zero attached hydrogens (tertiary/aromatic N) is 1. The van der Waals surface area contributed by atoms with E-state index in [0.29, 0.717) is 18.4 Å². The second-order valence-corrected chi connectivity index (χ2v) is 7.28. The molecule has 3 rings (SSSR count). The molecule has 0 saturated heterocycles. The summed E-state index contributed by atoms with van der Waals surface area (Å²) >= 11 is 0. The van der Waals surface area contributed by atoms with Crippen LogP contribution in [0.3, 0.4) is 0 Å². The molecule has 1 unspecified atom stereocenters. The van der Waals surface area contributed by atoms with Crippen LogP contribution in [0.15, 0.2) is 36.9 Å². The van der Waals surface area contributed by atoms with Crippen LogP contribution in [0.25, 0.3) is 10.9 Å². The van der Waals surface area contributed by atoms with Crippen LogP contribution >= 0.6 is 0 Å². The SMILES string of the molecule is C=CCC1CCc2c(c3ccccc3n2C(=O)OC(C)(C)C)C1=O. The lowest BCUT2D eigenvalue weighted by Gasteiger charge is -2.23. The number of rotatable bonds is 2. The van der Waals surface area contributed by atoms with Gasteiger partial charge in [-0.2, -0.15) is 0 Å². The van der Waals surface area contributed by atoms with E-state index >= 15 is 0 Å². The van der Waals surface area contributed by atoms with Crippen molar-refractivity contribution in [1.82, 2.24) is 4.57 Å². The molecule has 0 fully saturated rings. The minimum Gasteiger partial charge on any atom is -0.443 e. The third kappa shape index (κ3) is 2.77. The number of fused-ring (bicyclic) bond motifs is 3. The molecular formula is C20H23NO3. The van der Waals surface area contributed by atoms with E-state index in [1.54, 1.807) is 10.6 Å². The van der Waals surface area contributed by atoms with E-state index in [9.17, 15) is 9.59 Å². The monoisotopic (exact) mass is 325 g/mol. The molecule has 0 radical (unpaired) electrons. The molecule has 4 nitrogen and oxygen atoms in total. The Bertz CT molecular complexity index is 823. The molecule has 1 heterocycles. The van der Waals surface area contributed by atoms with Gasteiger partial charge in [0.15, 0.2) is 5.78 Å². The van der Waals surface area contributed by atoms with Crippen molar-refractivity contribution in [3.63, 3.8) is 0 Å². The van der Waals surface area contributed by atoms with Crippen molar-refractivity contribution in [1.29, 1.82) is 0 Å². The van der Waals surface area contributed by atoms with Gasteiger partial charge in [0, 0.05) is 22.6 Å². The second kappa shape index (κ2) is 5.93. The zero-order chi connectivity index (χ0) is 17.5. The Balaban J connectivity index is 2.17. The Morgan fingerprint density at radius 2 is 2.08 bits per heavy atom. The first-order chi connectivity index (χ1) is 11.3. The summed E-state index contributed by atoms with van der Waals surface area (Å²) in [6, 6.07) is 7.55. The van der Waals surface area contributed by atoms with Gasteiger partial charge >= 0.3 is 6.09 Å². The zero-order valence-electron chi connectivity index (χ0n) is 14.5. The van der Waals surface area contributed by atoms with Crippen molar-refractivity contribution in [2.75, 3.05) is 0 Å². The predicted molar refractivity (Wildman–Crippen MR) is 94.5 cm³/mol. The Morgan fingerprint density at radius 1 is 1.38 bits per heavy atom. The van der Waals surface area contributed by atoms with E-state index in [4.69, 9.17) is 4.74 Å². The number of carbonyl (C=O) groups is 2. The quantitative estimate of drug-likeness (QED) is 0.749. The highest BCUT2D eigenvalue weighted by molar-refractivity contribution is 6.13. The molecule has 0 amide bonds. The van der Waals surface area contributed by atoms with Crippen LogP contribution in [0.2, 0.25) is 0 Å². The van der Waals surface area contributed by atoms with Gasteiger partial charge in [-0.3, -0.25) is 4.79 Å². The number of hydrogen-bond donors (Lipinski definition) is 0.